The summed E-state index contributed by atoms with van der Waals surface area (Å²) in [5, 5.41) is 10.5. The highest BCUT2D eigenvalue weighted by Gasteiger charge is 2.14. The third kappa shape index (κ3) is 2.06. The van der Waals surface area contributed by atoms with Crippen molar-refractivity contribution >= 4 is 23.6 Å². The van der Waals surface area contributed by atoms with Crippen LogP contribution in [0.1, 0.15) is 5.82 Å². The number of nitrogens with zero attached hydrogens (tertiary/aromatic N) is 3. The minimum Gasteiger partial charge on any atom is -0.358 e. The van der Waals surface area contributed by atoms with Crippen molar-refractivity contribution in [3.8, 4) is 0 Å². The van der Waals surface area contributed by atoms with Gasteiger partial charge in [-0.2, -0.15) is 4.57 Å². The maximum absolute atomic E-state index is 10.5. The van der Waals surface area contributed by atoms with E-state index in [1.807, 2.05) is 0 Å². The quantitative estimate of drug-likeness (QED) is 0.426. The molecule has 0 aliphatic carbocycles. The molecule has 0 N–H and O–H groups in total. The lowest BCUT2D eigenvalue weighted by Gasteiger charge is -1.94. The summed E-state index contributed by atoms with van der Waals surface area (Å²) in [6.07, 6.45) is 4.37. The molecule has 0 unspecified atom stereocenters. The summed E-state index contributed by atoms with van der Waals surface area (Å²) in [4.78, 5) is 13.8. The van der Waals surface area contributed by atoms with Crippen molar-refractivity contribution in [2.45, 2.75) is 6.92 Å². The predicted molar refractivity (Wildman–Crippen MR) is 49.7 cm³/mol. The molecule has 0 saturated carbocycles. The topological polar surface area (TPSA) is 61.0 Å². The van der Waals surface area contributed by atoms with Crippen LogP contribution >= 0.6 is 11.6 Å². The smallest absolute Gasteiger partial charge is 0.347 e. The molecule has 0 fully saturated rings. The van der Waals surface area contributed by atoms with Crippen molar-refractivity contribution in [3.05, 3.63) is 28.2 Å². The average molecular weight is 202 g/mol. The minimum absolute atomic E-state index is 0.0566. The van der Waals surface area contributed by atoms with Gasteiger partial charge in [-0.15, -0.1) is 11.6 Å². The van der Waals surface area contributed by atoms with Gasteiger partial charge in [0.05, 0.1) is 6.20 Å². The first kappa shape index (κ1) is 9.73. The zero-order chi connectivity index (χ0) is 9.84. The number of aromatic nitrogens is 2. The molecule has 0 aliphatic rings. The van der Waals surface area contributed by atoms with E-state index in [2.05, 4.69) is 4.98 Å². The standard InChI is InChI=1S/C7H8ClN3O2/c1-6-9-5-7(11(12)13)10(6)4-2-3-8/h2,4-5H,3H2,1H3/b4-2-. The highest BCUT2D eigenvalue weighted by molar-refractivity contribution is 6.19. The monoisotopic (exact) mass is 201 g/mol. The van der Waals surface area contributed by atoms with E-state index in [1.165, 1.54) is 17.0 Å². The molecule has 0 aromatic carbocycles. The predicted octanol–water partition coefficient (Wildman–Crippen LogP) is 1.81. The van der Waals surface area contributed by atoms with Crippen LogP contribution in [0.5, 0.6) is 0 Å². The van der Waals surface area contributed by atoms with Gasteiger partial charge in [0.15, 0.2) is 5.82 Å². The van der Waals surface area contributed by atoms with E-state index in [-0.39, 0.29) is 5.82 Å². The number of alkyl halides is 1. The van der Waals surface area contributed by atoms with Gasteiger partial charge in [-0.1, -0.05) is 0 Å². The molecular formula is C7H8ClN3O2. The molecule has 1 heterocycles. The summed E-state index contributed by atoms with van der Waals surface area (Å²) >= 11 is 5.41. The summed E-state index contributed by atoms with van der Waals surface area (Å²) in [7, 11) is 0. The Hall–Kier alpha value is -1.36. The number of nitro groups is 1. The Kier molecular flexibility index (Phi) is 3.02. The molecule has 0 saturated heterocycles. The minimum atomic E-state index is -0.488. The molecule has 6 heteroatoms. The van der Waals surface area contributed by atoms with Crippen LogP contribution in [0.15, 0.2) is 12.3 Å². The summed E-state index contributed by atoms with van der Waals surface area (Å²) in [6.45, 7) is 1.69. The molecule has 0 bridgehead atoms. The maximum atomic E-state index is 10.5. The highest BCUT2D eigenvalue weighted by atomic mass is 35.5. The van der Waals surface area contributed by atoms with E-state index in [4.69, 9.17) is 11.6 Å². The molecule has 0 amide bonds. The van der Waals surface area contributed by atoms with Gasteiger partial charge in [-0.3, -0.25) is 0 Å². The Balaban J connectivity index is 3.08. The van der Waals surface area contributed by atoms with Crippen LogP contribution in [0.25, 0.3) is 6.20 Å². The van der Waals surface area contributed by atoms with Crippen molar-refractivity contribution in [1.29, 1.82) is 0 Å². The molecule has 0 spiro atoms. The summed E-state index contributed by atoms with van der Waals surface area (Å²) in [5.41, 5.74) is 0. The van der Waals surface area contributed by atoms with E-state index in [0.717, 1.165) is 0 Å². The van der Waals surface area contributed by atoms with Crippen molar-refractivity contribution in [2.75, 3.05) is 5.88 Å². The second-order valence-electron chi connectivity index (χ2n) is 2.33. The number of aryl methyl sites for hydroxylation is 1. The molecule has 1 aromatic heterocycles. The van der Waals surface area contributed by atoms with Gasteiger partial charge in [-0.05, 0) is 11.0 Å². The first-order chi connectivity index (χ1) is 6.16. The van der Waals surface area contributed by atoms with Crippen LogP contribution in [0.2, 0.25) is 0 Å². The lowest BCUT2D eigenvalue weighted by atomic mass is 10.6. The van der Waals surface area contributed by atoms with Gasteiger partial charge in [0, 0.05) is 12.8 Å². The molecule has 13 heavy (non-hydrogen) atoms. The van der Waals surface area contributed by atoms with Crippen molar-refractivity contribution in [1.82, 2.24) is 9.55 Å². The Bertz CT molecular complexity index is 346. The summed E-state index contributed by atoms with van der Waals surface area (Å²) < 4.78 is 1.38. The SMILES string of the molecule is Cc1ncc([N+](=O)[O-])n1/C=C\CCl. The Morgan fingerprint density at radius 2 is 2.54 bits per heavy atom. The first-order valence-electron chi connectivity index (χ1n) is 3.57. The largest absolute Gasteiger partial charge is 0.358 e. The maximum Gasteiger partial charge on any atom is 0.347 e. The fraction of sp³-hybridized carbons (Fsp3) is 0.286. The molecule has 0 radical (unpaired) electrons. The molecule has 1 rings (SSSR count). The average Bonchev–Trinajstić information content (AvgIpc) is 2.43. The third-order valence-electron chi connectivity index (χ3n) is 1.49. The molecule has 70 valence electrons. The zero-order valence-electron chi connectivity index (χ0n) is 6.98. The van der Waals surface area contributed by atoms with Gasteiger partial charge < -0.3 is 10.1 Å². The van der Waals surface area contributed by atoms with E-state index < -0.39 is 4.92 Å². The van der Waals surface area contributed by atoms with E-state index in [0.29, 0.717) is 11.7 Å². The lowest BCUT2D eigenvalue weighted by molar-refractivity contribution is -0.390. The molecular weight excluding hydrogens is 194 g/mol. The normalized spacial score (nSPS) is 10.9. The van der Waals surface area contributed by atoms with Crippen LogP contribution in [-0.4, -0.2) is 20.4 Å². The Labute approximate surface area is 79.8 Å². The fourth-order valence-corrected chi connectivity index (χ4v) is 0.986. The van der Waals surface area contributed by atoms with E-state index >= 15 is 0 Å². The van der Waals surface area contributed by atoms with Crippen LogP contribution < -0.4 is 0 Å². The molecule has 0 aliphatic heterocycles. The van der Waals surface area contributed by atoms with Crippen LogP contribution in [-0.2, 0) is 0 Å². The molecule has 1 aromatic rings. The Morgan fingerprint density at radius 1 is 1.85 bits per heavy atom. The summed E-state index contributed by atoms with van der Waals surface area (Å²) in [6, 6.07) is 0. The highest BCUT2D eigenvalue weighted by Crippen LogP contribution is 2.13. The van der Waals surface area contributed by atoms with Crippen LogP contribution in [0.3, 0.4) is 0 Å². The second-order valence-corrected chi connectivity index (χ2v) is 2.64. The summed E-state index contributed by atoms with van der Waals surface area (Å²) in [5.74, 6) is 0.821. The van der Waals surface area contributed by atoms with Crippen molar-refractivity contribution < 1.29 is 4.92 Å². The molecule has 0 atom stereocenters. The third-order valence-corrected chi connectivity index (χ3v) is 1.67. The number of imidazole rings is 1. The number of hydrogen-bond donors (Lipinski definition) is 0. The van der Waals surface area contributed by atoms with Crippen LogP contribution in [0.4, 0.5) is 5.82 Å². The van der Waals surface area contributed by atoms with Gasteiger partial charge in [-0.25, -0.2) is 4.98 Å². The van der Waals surface area contributed by atoms with Gasteiger partial charge in [0.1, 0.15) is 6.20 Å². The number of hydrogen-bond acceptors (Lipinski definition) is 3. The van der Waals surface area contributed by atoms with Crippen LogP contribution in [0, 0.1) is 17.0 Å². The van der Waals surface area contributed by atoms with Gasteiger partial charge in [0.25, 0.3) is 0 Å². The number of rotatable bonds is 3. The zero-order valence-corrected chi connectivity index (χ0v) is 7.73. The lowest BCUT2D eigenvalue weighted by Crippen LogP contribution is -1.97. The number of allylic oxidation sites excluding steroid dienone is 1. The van der Waals surface area contributed by atoms with Crippen molar-refractivity contribution in [3.63, 3.8) is 0 Å². The Morgan fingerprint density at radius 3 is 3.08 bits per heavy atom. The van der Waals surface area contributed by atoms with Crippen molar-refractivity contribution in [2.24, 2.45) is 0 Å². The van der Waals surface area contributed by atoms with E-state index in [1.54, 1.807) is 13.0 Å². The van der Waals surface area contributed by atoms with Gasteiger partial charge >= 0.3 is 5.82 Å². The van der Waals surface area contributed by atoms with Gasteiger partial charge in [0.2, 0.25) is 0 Å². The fourth-order valence-electron chi connectivity index (χ4n) is 0.906. The number of halogens is 1. The first-order valence-corrected chi connectivity index (χ1v) is 4.11. The molecule has 5 nitrogen and oxygen atoms in total. The van der Waals surface area contributed by atoms with E-state index in [9.17, 15) is 10.1 Å². The second kappa shape index (κ2) is 4.04.